The Labute approximate surface area is 120 Å². The van der Waals surface area contributed by atoms with Gasteiger partial charge < -0.3 is 0 Å². The van der Waals surface area contributed by atoms with E-state index in [1.165, 1.54) is 24.3 Å². The summed E-state index contributed by atoms with van der Waals surface area (Å²) in [4.78, 5) is 0. The van der Waals surface area contributed by atoms with Crippen molar-refractivity contribution < 1.29 is 20.4 Å². The van der Waals surface area contributed by atoms with Gasteiger partial charge in [0, 0.05) is 0 Å². The molecule has 0 bridgehead atoms. The van der Waals surface area contributed by atoms with Crippen LogP contribution in [-0.4, -0.2) is 36.4 Å². The van der Waals surface area contributed by atoms with Crippen LogP contribution in [0.4, 0.5) is 0 Å². The van der Waals surface area contributed by atoms with E-state index in [0.717, 1.165) is 0 Å². The molecule has 0 aliphatic carbocycles. The molecule has 0 saturated heterocycles. The molecule has 7 heteroatoms. The number of hydrogen-bond acceptors (Lipinski definition) is 4. The molecule has 0 atom stereocenters. The standard InChI is InChI=1S/C12H10Cl2O4Te/c13-19(14,8-3-1-7(15)2-4-8)10-6-5-9(16)11(17)12(10)18/h1-6,15-18H. The van der Waals surface area contributed by atoms with Crippen molar-refractivity contribution in [3.05, 3.63) is 36.4 Å². The summed E-state index contributed by atoms with van der Waals surface area (Å²) in [6.45, 7) is 0. The first-order valence-electron chi connectivity index (χ1n) is 5.09. The maximum absolute atomic E-state index is 9.85. The number of phenols is 4. The fourth-order valence-electron chi connectivity index (χ4n) is 1.50. The van der Waals surface area contributed by atoms with Gasteiger partial charge in [0.05, 0.1) is 0 Å². The molecular formula is C12H10Cl2O4Te. The van der Waals surface area contributed by atoms with Crippen molar-refractivity contribution in [3.8, 4) is 23.0 Å². The van der Waals surface area contributed by atoms with E-state index in [4.69, 9.17) is 17.9 Å². The zero-order valence-electron chi connectivity index (χ0n) is 9.42. The summed E-state index contributed by atoms with van der Waals surface area (Å²) in [6.07, 6.45) is 0. The van der Waals surface area contributed by atoms with Crippen LogP contribution in [0, 0.1) is 0 Å². The molecule has 19 heavy (non-hydrogen) atoms. The van der Waals surface area contributed by atoms with Gasteiger partial charge in [0.15, 0.2) is 0 Å². The Bertz CT molecular complexity index is 614. The van der Waals surface area contributed by atoms with E-state index in [0.29, 0.717) is 3.61 Å². The van der Waals surface area contributed by atoms with Crippen LogP contribution in [0.1, 0.15) is 0 Å². The van der Waals surface area contributed by atoms with E-state index < -0.39 is 33.2 Å². The second kappa shape index (κ2) is 5.18. The summed E-state index contributed by atoms with van der Waals surface area (Å²) in [5, 5.41) is 37.9. The summed E-state index contributed by atoms with van der Waals surface area (Å²) in [7, 11) is 12.8. The Morgan fingerprint density at radius 2 is 1.32 bits per heavy atom. The Balaban J connectivity index is 2.56. The van der Waals surface area contributed by atoms with E-state index in [1.54, 1.807) is 12.1 Å². The number of phenolic OH excluding ortho intramolecular Hbond substituents is 4. The van der Waals surface area contributed by atoms with Gasteiger partial charge in [0.25, 0.3) is 0 Å². The van der Waals surface area contributed by atoms with Gasteiger partial charge in [-0.25, -0.2) is 0 Å². The predicted octanol–water partition coefficient (Wildman–Crippen LogP) is 1.54. The summed E-state index contributed by atoms with van der Waals surface area (Å²) < 4.78 is 0.802. The van der Waals surface area contributed by atoms with Gasteiger partial charge in [0.2, 0.25) is 0 Å². The van der Waals surface area contributed by atoms with Crippen LogP contribution in [-0.2, 0) is 0 Å². The third-order valence-electron chi connectivity index (χ3n) is 2.50. The van der Waals surface area contributed by atoms with Crippen molar-refractivity contribution in [1.82, 2.24) is 0 Å². The van der Waals surface area contributed by atoms with Gasteiger partial charge in [-0.15, -0.1) is 0 Å². The molecule has 2 aromatic rings. The van der Waals surface area contributed by atoms with Gasteiger partial charge in [-0.05, 0) is 0 Å². The molecule has 0 saturated carbocycles. The number of hydrogen-bond donors (Lipinski definition) is 4. The molecular weight excluding hydrogens is 407 g/mol. The summed E-state index contributed by atoms with van der Waals surface area (Å²) in [6, 6.07) is 8.63. The van der Waals surface area contributed by atoms with E-state index in [1.807, 2.05) is 0 Å². The molecule has 102 valence electrons. The third kappa shape index (κ3) is 2.65. The zero-order chi connectivity index (χ0) is 14.2. The molecule has 0 heterocycles. The molecule has 4 N–H and O–H groups in total. The molecule has 0 aromatic heterocycles. The van der Waals surface area contributed by atoms with E-state index in [9.17, 15) is 20.4 Å². The first-order valence-corrected chi connectivity index (χ1v) is 13.3. The first-order chi connectivity index (χ1) is 8.84. The van der Waals surface area contributed by atoms with Crippen LogP contribution in [0.2, 0.25) is 0 Å². The van der Waals surface area contributed by atoms with Crippen LogP contribution in [0.5, 0.6) is 23.0 Å². The molecule has 0 fully saturated rings. The molecule has 0 aliphatic rings. The van der Waals surface area contributed by atoms with Crippen LogP contribution < -0.4 is 7.22 Å². The summed E-state index contributed by atoms with van der Waals surface area (Å²) in [5.41, 5.74) is 0. The van der Waals surface area contributed by atoms with Crippen LogP contribution in [0.15, 0.2) is 36.4 Å². The van der Waals surface area contributed by atoms with Crippen LogP contribution in [0.25, 0.3) is 0 Å². The maximum atomic E-state index is 9.85. The number of benzene rings is 2. The fraction of sp³-hybridized carbons (Fsp3) is 0. The van der Waals surface area contributed by atoms with E-state index in [-0.39, 0.29) is 9.36 Å². The van der Waals surface area contributed by atoms with Crippen molar-refractivity contribution in [3.63, 3.8) is 0 Å². The third-order valence-corrected chi connectivity index (χ3v) is 12.1. The van der Waals surface area contributed by atoms with E-state index >= 15 is 0 Å². The van der Waals surface area contributed by atoms with Crippen molar-refractivity contribution in [1.29, 1.82) is 0 Å². The normalized spacial score (nSPS) is 12.3. The van der Waals surface area contributed by atoms with Gasteiger partial charge in [-0.3, -0.25) is 0 Å². The van der Waals surface area contributed by atoms with Gasteiger partial charge in [-0.2, -0.15) is 0 Å². The molecule has 0 amide bonds. The molecule has 0 radical (unpaired) electrons. The topological polar surface area (TPSA) is 80.9 Å². The number of rotatable bonds is 2. The summed E-state index contributed by atoms with van der Waals surface area (Å²) in [5.74, 6) is -1.53. The van der Waals surface area contributed by atoms with Crippen molar-refractivity contribution in [2.45, 2.75) is 0 Å². The first kappa shape index (κ1) is 14.4. The average Bonchev–Trinajstić information content (AvgIpc) is 2.36. The quantitative estimate of drug-likeness (QED) is 0.442. The van der Waals surface area contributed by atoms with Gasteiger partial charge in [-0.1, -0.05) is 0 Å². The molecule has 2 rings (SSSR count). The van der Waals surface area contributed by atoms with Gasteiger partial charge >= 0.3 is 121 Å². The van der Waals surface area contributed by atoms with E-state index in [2.05, 4.69) is 0 Å². The second-order valence-corrected chi connectivity index (χ2v) is 16.3. The predicted molar refractivity (Wildman–Crippen MR) is 76.3 cm³/mol. The second-order valence-electron chi connectivity index (χ2n) is 3.74. The molecule has 4 nitrogen and oxygen atoms in total. The summed E-state index contributed by atoms with van der Waals surface area (Å²) >= 11 is -3.86. The minimum atomic E-state index is -3.86. The Kier molecular flexibility index (Phi) is 3.93. The Morgan fingerprint density at radius 3 is 1.89 bits per heavy atom. The van der Waals surface area contributed by atoms with Gasteiger partial charge in [0.1, 0.15) is 0 Å². The zero-order valence-corrected chi connectivity index (χ0v) is 13.3. The molecule has 0 aliphatic heterocycles. The van der Waals surface area contributed by atoms with Crippen molar-refractivity contribution >= 4 is 41.1 Å². The van der Waals surface area contributed by atoms with Crippen molar-refractivity contribution in [2.75, 3.05) is 0 Å². The van der Waals surface area contributed by atoms with Crippen LogP contribution in [0.3, 0.4) is 0 Å². The Hall–Kier alpha value is -0.990. The van der Waals surface area contributed by atoms with Crippen LogP contribution >= 0.6 is 17.9 Å². The minimum absolute atomic E-state index is 0.0773. The Morgan fingerprint density at radius 1 is 0.737 bits per heavy atom. The van der Waals surface area contributed by atoms with Crippen molar-refractivity contribution in [2.24, 2.45) is 0 Å². The molecule has 0 spiro atoms. The monoisotopic (exact) mass is 418 g/mol. The number of halogens is 2. The number of aromatic hydroxyl groups is 4. The fourth-order valence-corrected chi connectivity index (χ4v) is 8.29. The molecule has 0 unspecified atom stereocenters. The SMILES string of the molecule is Oc1ccc([Te](Cl)(Cl)c2ccc(O)c(O)c2O)cc1. The molecule has 2 aromatic carbocycles. The average molecular weight is 417 g/mol.